The van der Waals surface area contributed by atoms with Crippen LogP contribution in [0.25, 0.3) is 0 Å². The van der Waals surface area contributed by atoms with E-state index < -0.39 is 14.3 Å². The molecule has 0 N–H and O–H groups in total. The van der Waals surface area contributed by atoms with E-state index in [9.17, 15) is 9.13 Å². The zero-order chi connectivity index (χ0) is 37.7. The molecule has 0 bridgehead atoms. The van der Waals surface area contributed by atoms with Gasteiger partial charge in [-0.1, -0.05) is 30.3 Å². The second kappa shape index (κ2) is 15.7. The Balaban J connectivity index is 0.962. The van der Waals surface area contributed by atoms with E-state index >= 15 is 0 Å². The van der Waals surface area contributed by atoms with E-state index in [1.54, 1.807) is 19.4 Å². The van der Waals surface area contributed by atoms with Gasteiger partial charge in [-0.15, -0.1) is 0 Å². The first-order valence-corrected chi connectivity index (χ1v) is 21.8. The van der Waals surface area contributed by atoms with Crippen molar-refractivity contribution in [3.8, 4) is 46.0 Å². The summed E-state index contributed by atoms with van der Waals surface area (Å²) in [5.41, 5.74) is 2.24. The largest absolute Gasteiger partial charge is 0.457 e. The highest BCUT2D eigenvalue weighted by molar-refractivity contribution is 7.78. The topological polar surface area (TPSA) is 71.1 Å². The van der Waals surface area contributed by atoms with Crippen molar-refractivity contribution in [3.63, 3.8) is 0 Å². The summed E-state index contributed by atoms with van der Waals surface area (Å²) in [6.45, 7) is 7.58. The fourth-order valence-corrected chi connectivity index (χ4v) is 9.46. The third kappa shape index (κ3) is 8.69. The second-order valence-electron chi connectivity index (χ2n) is 13.3. The second-order valence-corrected chi connectivity index (χ2v) is 19.1. The minimum Gasteiger partial charge on any atom is -0.457 e. The molecule has 0 aliphatic heterocycles. The molecule has 2 atom stereocenters. The lowest BCUT2D eigenvalue weighted by molar-refractivity contribution is 0.460. The van der Waals surface area contributed by atoms with Crippen LogP contribution < -0.4 is 40.2 Å². The van der Waals surface area contributed by atoms with Crippen molar-refractivity contribution in [3.05, 3.63) is 181 Å². The van der Waals surface area contributed by atoms with E-state index in [1.807, 2.05) is 178 Å². The summed E-state index contributed by atoms with van der Waals surface area (Å²) in [7, 11) is -5.72. The Bertz CT molecular complexity index is 2300. The molecule has 6 nitrogen and oxygen atoms in total. The zero-order valence-corrected chi connectivity index (χ0v) is 32.3. The number of rotatable bonds is 12. The van der Waals surface area contributed by atoms with Gasteiger partial charge in [0.25, 0.3) is 0 Å². The minimum atomic E-state index is -2.86. The molecule has 7 rings (SSSR count). The van der Waals surface area contributed by atoms with Crippen molar-refractivity contribution < 1.29 is 28.1 Å². The van der Waals surface area contributed by atoms with Crippen LogP contribution in [0.5, 0.6) is 46.0 Å². The van der Waals surface area contributed by atoms with Crippen molar-refractivity contribution in [2.24, 2.45) is 0 Å². The molecule has 0 amide bonds. The first-order chi connectivity index (χ1) is 26.0. The molecule has 2 unspecified atom stereocenters. The SMILES string of the molecule is Cc1cccc(Oc2ccc(P(C)(=O)c3ccc(Oc4cccc(Oc5ccc(P(C)(=O)c6ccc(Oc7cccc(C)c7)cc6)cc5)c4)cc3)cc2)c1. The van der Waals surface area contributed by atoms with Gasteiger partial charge < -0.3 is 28.1 Å². The Morgan fingerprint density at radius 3 is 0.815 bits per heavy atom. The van der Waals surface area contributed by atoms with Crippen LogP contribution in [0, 0.1) is 13.8 Å². The standard InChI is InChI=1S/C46H40O6P2/c1-33-8-5-10-39(30-33)49-35-14-22-43(23-15-35)53(3,47)45-26-18-37(19-27-45)51-41-12-7-13-42(32-41)52-38-20-28-46(29-21-38)54(4,48)44-24-16-36(17-25-44)50-40-11-6-9-34(2)31-40/h5-32H,1-4H3. The summed E-state index contributed by atoms with van der Waals surface area (Å²) in [6.07, 6.45) is 0. The molecule has 8 heteroatoms. The number of aryl methyl sites for hydroxylation is 2. The van der Waals surface area contributed by atoms with Gasteiger partial charge in [0.15, 0.2) is 0 Å². The molecule has 0 aliphatic rings. The van der Waals surface area contributed by atoms with E-state index in [0.29, 0.717) is 34.5 Å². The summed E-state index contributed by atoms with van der Waals surface area (Å²) in [5.74, 6) is 5.29. The maximum atomic E-state index is 13.9. The Morgan fingerprint density at radius 2 is 0.556 bits per heavy atom. The average molecular weight is 751 g/mol. The fraction of sp³-hybridized carbons (Fsp3) is 0.0870. The third-order valence-electron chi connectivity index (χ3n) is 9.05. The van der Waals surface area contributed by atoms with Gasteiger partial charge in [0.1, 0.15) is 60.3 Å². The van der Waals surface area contributed by atoms with Crippen LogP contribution in [0.15, 0.2) is 170 Å². The summed E-state index contributed by atoms with van der Waals surface area (Å²) < 4.78 is 52.1. The van der Waals surface area contributed by atoms with Gasteiger partial charge in [-0.25, -0.2) is 0 Å². The van der Waals surface area contributed by atoms with Crippen LogP contribution in [0.2, 0.25) is 0 Å². The summed E-state index contributed by atoms with van der Waals surface area (Å²) in [6, 6.07) is 52.6. The van der Waals surface area contributed by atoms with Gasteiger partial charge in [0, 0.05) is 27.3 Å². The van der Waals surface area contributed by atoms with E-state index in [4.69, 9.17) is 18.9 Å². The highest BCUT2D eigenvalue weighted by atomic mass is 31.2. The van der Waals surface area contributed by atoms with Gasteiger partial charge in [0.2, 0.25) is 0 Å². The molecule has 0 saturated heterocycles. The van der Waals surface area contributed by atoms with Crippen LogP contribution in [-0.4, -0.2) is 13.3 Å². The van der Waals surface area contributed by atoms with Gasteiger partial charge in [-0.05, 0) is 172 Å². The normalized spacial score (nSPS) is 13.3. The van der Waals surface area contributed by atoms with Gasteiger partial charge >= 0.3 is 0 Å². The van der Waals surface area contributed by atoms with Crippen LogP contribution in [0.3, 0.4) is 0 Å². The van der Waals surface area contributed by atoms with Crippen molar-refractivity contribution in [1.29, 1.82) is 0 Å². The third-order valence-corrected chi connectivity index (χ3v) is 14.2. The Morgan fingerprint density at radius 1 is 0.315 bits per heavy atom. The number of benzene rings is 7. The molecule has 270 valence electrons. The maximum Gasteiger partial charge on any atom is 0.140 e. The van der Waals surface area contributed by atoms with Crippen LogP contribution >= 0.6 is 14.3 Å². The van der Waals surface area contributed by atoms with Crippen LogP contribution in [-0.2, 0) is 9.13 Å². The molecule has 7 aromatic rings. The van der Waals surface area contributed by atoms with Crippen LogP contribution in [0.4, 0.5) is 0 Å². The first-order valence-electron chi connectivity index (χ1n) is 17.5. The molecule has 7 aromatic carbocycles. The molecule has 0 saturated carbocycles. The summed E-state index contributed by atoms with van der Waals surface area (Å²) in [5, 5.41) is 2.93. The molecule has 0 spiro atoms. The molecule has 54 heavy (non-hydrogen) atoms. The summed E-state index contributed by atoms with van der Waals surface area (Å²) in [4.78, 5) is 0. The quantitative estimate of drug-likeness (QED) is 0.116. The predicted molar refractivity (Wildman–Crippen MR) is 220 cm³/mol. The van der Waals surface area contributed by atoms with E-state index in [1.165, 1.54) is 0 Å². The molecular formula is C46H40O6P2. The smallest absolute Gasteiger partial charge is 0.140 e. The van der Waals surface area contributed by atoms with Crippen molar-refractivity contribution in [2.75, 3.05) is 13.3 Å². The van der Waals surface area contributed by atoms with Gasteiger partial charge in [-0.3, -0.25) is 0 Å². The van der Waals surface area contributed by atoms with Crippen molar-refractivity contribution in [1.82, 2.24) is 0 Å². The number of ether oxygens (including phenoxy) is 4. The Labute approximate surface area is 316 Å². The monoisotopic (exact) mass is 750 g/mol. The number of hydrogen-bond donors (Lipinski definition) is 0. The predicted octanol–water partition coefficient (Wildman–Crippen LogP) is 11.4. The van der Waals surface area contributed by atoms with Crippen molar-refractivity contribution >= 4 is 35.5 Å². The molecule has 0 radical (unpaired) electrons. The fourth-order valence-electron chi connectivity index (χ4n) is 6.00. The summed E-state index contributed by atoms with van der Waals surface area (Å²) >= 11 is 0. The molecular weight excluding hydrogens is 710 g/mol. The molecule has 0 aromatic heterocycles. The lowest BCUT2D eigenvalue weighted by Crippen LogP contribution is -2.14. The Kier molecular flexibility index (Phi) is 10.6. The Hall–Kier alpha value is -5.80. The van der Waals surface area contributed by atoms with Crippen LogP contribution in [0.1, 0.15) is 11.1 Å². The minimum absolute atomic E-state index is 0.591. The molecule has 0 fully saturated rings. The van der Waals surface area contributed by atoms with E-state index in [2.05, 4.69) is 0 Å². The van der Waals surface area contributed by atoms with Gasteiger partial charge in [0.05, 0.1) is 0 Å². The lowest BCUT2D eigenvalue weighted by atomic mass is 10.2. The molecule has 0 aliphatic carbocycles. The average Bonchev–Trinajstić information content (AvgIpc) is 3.16. The van der Waals surface area contributed by atoms with Gasteiger partial charge in [-0.2, -0.15) is 0 Å². The van der Waals surface area contributed by atoms with E-state index in [-0.39, 0.29) is 0 Å². The highest BCUT2D eigenvalue weighted by Crippen LogP contribution is 2.41. The zero-order valence-electron chi connectivity index (χ0n) is 30.5. The van der Waals surface area contributed by atoms with Crippen molar-refractivity contribution in [2.45, 2.75) is 13.8 Å². The first kappa shape index (κ1) is 36.6. The molecule has 0 heterocycles. The highest BCUT2D eigenvalue weighted by Gasteiger charge is 2.23. The maximum absolute atomic E-state index is 13.9. The number of hydrogen-bond acceptors (Lipinski definition) is 6. The van der Waals surface area contributed by atoms with E-state index in [0.717, 1.165) is 43.8 Å². The lowest BCUT2D eigenvalue weighted by Gasteiger charge is -2.16.